The Balaban J connectivity index is 2.31. The van der Waals surface area contributed by atoms with E-state index in [9.17, 15) is 10.1 Å². The third-order valence-corrected chi connectivity index (χ3v) is 3.43. The fraction of sp³-hybridized carbons (Fsp3) is 0.308. The van der Waals surface area contributed by atoms with Gasteiger partial charge in [-0.05, 0) is 12.5 Å². The van der Waals surface area contributed by atoms with Crippen molar-refractivity contribution in [3.05, 3.63) is 57.4 Å². The molecule has 0 saturated heterocycles. The van der Waals surface area contributed by atoms with Crippen LogP contribution in [0.1, 0.15) is 22.3 Å². The second-order valence-electron chi connectivity index (χ2n) is 4.34. The first-order valence-corrected chi connectivity index (χ1v) is 6.30. The van der Waals surface area contributed by atoms with Crippen molar-refractivity contribution in [3.63, 3.8) is 0 Å². The summed E-state index contributed by atoms with van der Waals surface area (Å²) in [5, 5.41) is 14.9. The van der Waals surface area contributed by atoms with E-state index >= 15 is 0 Å². The molecular formula is C13H14ClN3O2. The van der Waals surface area contributed by atoms with Crippen molar-refractivity contribution < 1.29 is 4.92 Å². The standard InChI is InChI=1S/C13H14ClN3O2/c1-9-13(17(18)19)12(16(2)15-9)8-11(14)10-6-4-3-5-7-10/h3-7,11H,8H2,1-2H3. The molecule has 1 unspecified atom stereocenters. The molecule has 100 valence electrons. The predicted octanol–water partition coefficient (Wildman–Crippen LogP) is 3.16. The number of nitrogens with zero attached hydrogens (tertiary/aromatic N) is 3. The number of halogens is 1. The van der Waals surface area contributed by atoms with Crippen LogP contribution in [0.25, 0.3) is 0 Å². The Kier molecular flexibility index (Phi) is 3.85. The average Bonchev–Trinajstić information content (AvgIpc) is 2.65. The highest BCUT2D eigenvalue weighted by atomic mass is 35.5. The van der Waals surface area contributed by atoms with Crippen LogP contribution in [0.5, 0.6) is 0 Å². The van der Waals surface area contributed by atoms with Crippen molar-refractivity contribution in [1.82, 2.24) is 9.78 Å². The summed E-state index contributed by atoms with van der Waals surface area (Å²) in [6.07, 6.45) is 0.374. The molecule has 1 aromatic carbocycles. The average molecular weight is 280 g/mol. The van der Waals surface area contributed by atoms with Gasteiger partial charge < -0.3 is 0 Å². The maximum atomic E-state index is 11.1. The highest BCUT2D eigenvalue weighted by Gasteiger charge is 2.25. The molecule has 0 spiro atoms. The Labute approximate surface area is 116 Å². The normalized spacial score (nSPS) is 12.4. The number of hydrogen-bond acceptors (Lipinski definition) is 3. The summed E-state index contributed by atoms with van der Waals surface area (Å²) >= 11 is 6.33. The van der Waals surface area contributed by atoms with Gasteiger partial charge in [0.2, 0.25) is 0 Å². The molecule has 2 aromatic rings. The highest BCUT2D eigenvalue weighted by Crippen LogP contribution is 2.30. The molecular weight excluding hydrogens is 266 g/mol. The van der Waals surface area contributed by atoms with E-state index in [1.54, 1.807) is 14.0 Å². The van der Waals surface area contributed by atoms with E-state index in [1.807, 2.05) is 30.3 Å². The number of benzene rings is 1. The summed E-state index contributed by atoms with van der Waals surface area (Å²) in [5.74, 6) is 0. The smallest absolute Gasteiger partial charge is 0.265 e. The summed E-state index contributed by atoms with van der Waals surface area (Å²) in [6, 6.07) is 9.52. The van der Waals surface area contributed by atoms with Gasteiger partial charge in [-0.2, -0.15) is 5.10 Å². The summed E-state index contributed by atoms with van der Waals surface area (Å²) in [4.78, 5) is 10.7. The van der Waals surface area contributed by atoms with Crippen LogP contribution >= 0.6 is 11.6 Å². The largest absolute Gasteiger partial charge is 0.313 e. The zero-order chi connectivity index (χ0) is 14.0. The van der Waals surface area contributed by atoms with E-state index in [4.69, 9.17) is 11.6 Å². The van der Waals surface area contributed by atoms with Gasteiger partial charge in [-0.3, -0.25) is 14.8 Å². The van der Waals surface area contributed by atoms with Gasteiger partial charge in [0.25, 0.3) is 0 Å². The third-order valence-electron chi connectivity index (χ3n) is 3.02. The molecule has 5 nitrogen and oxygen atoms in total. The summed E-state index contributed by atoms with van der Waals surface area (Å²) in [7, 11) is 1.70. The van der Waals surface area contributed by atoms with E-state index < -0.39 is 4.92 Å². The lowest BCUT2D eigenvalue weighted by Crippen LogP contribution is -2.05. The zero-order valence-electron chi connectivity index (χ0n) is 10.7. The van der Waals surface area contributed by atoms with Crippen molar-refractivity contribution in [3.8, 4) is 0 Å². The maximum Gasteiger partial charge on any atom is 0.313 e. The van der Waals surface area contributed by atoms with E-state index in [1.165, 1.54) is 4.68 Å². The Bertz CT molecular complexity index is 595. The number of aromatic nitrogens is 2. The van der Waals surface area contributed by atoms with Crippen molar-refractivity contribution in [1.29, 1.82) is 0 Å². The van der Waals surface area contributed by atoms with Crippen LogP contribution in [0.2, 0.25) is 0 Å². The van der Waals surface area contributed by atoms with Crippen LogP contribution in [-0.2, 0) is 13.5 Å². The number of nitro groups is 1. The van der Waals surface area contributed by atoms with Crippen molar-refractivity contribution in [2.75, 3.05) is 0 Å². The molecule has 0 radical (unpaired) electrons. The second-order valence-corrected chi connectivity index (χ2v) is 4.87. The van der Waals surface area contributed by atoms with Crippen molar-refractivity contribution in [2.45, 2.75) is 18.7 Å². The van der Waals surface area contributed by atoms with Crippen LogP contribution in [0.3, 0.4) is 0 Å². The van der Waals surface area contributed by atoms with Crippen LogP contribution in [0, 0.1) is 17.0 Å². The zero-order valence-corrected chi connectivity index (χ0v) is 11.5. The van der Waals surface area contributed by atoms with Gasteiger partial charge in [-0.1, -0.05) is 30.3 Å². The van der Waals surface area contributed by atoms with Gasteiger partial charge in [0, 0.05) is 13.5 Å². The number of aryl methyl sites for hydroxylation is 2. The molecule has 1 atom stereocenters. The van der Waals surface area contributed by atoms with Crippen molar-refractivity contribution in [2.24, 2.45) is 7.05 Å². The first-order chi connectivity index (χ1) is 9.00. The Morgan fingerprint density at radius 3 is 2.63 bits per heavy atom. The van der Waals surface area contributed by atoms with Crippen LogP contribution in [-0.4, -0.2) is 14.7 Å². The minimum absolute atomic E-state index is 0.0593. The number of hydrogen-bond donors (Lipinski definition) is 0. The highest BCUT2D eigenvalue weighted by molar-refractivity contribution is 6.20. The lowest BCUT2D eigenvalue weighted by molar-refractivity contribution is -0.386. The lowest BCUT2D eigenvalue weighted by atomic mass is 10.1. The summed E-state index contributed by atoms with van der Waals surface area (Å²) in [5.41, 5.74) is 1.96. The Morgan fingerprint density at radius 1 is 1.42 bits per heavy atom. The minimum atomic E-state index is -0.397. The monoisotopic (exact) mass is 279 g/mol. The topological polar surface area (TPSA) is 61.0 Å². The summed E-state index contributed by atoms with van der Waals surface area (Å²) in [6.45, 7) is 1.63. The quantitative estimate of drug-likeness (QED) is 0.491. The van der Waals surface area contributed by atoms with E-state index in [0.29, 0.717) is 17.8 Å². The molecule has 0 aliphatic heterocycles. The van der Waals surface area contributed by atoms with Gasteiger partial charge in [0.1, 0.15) is 11.4 Å². The van der Waals surface area contributed by atoms with Crippen molar-refractivity contribution >= 4 is 17.3 Å². The first-order valence-electron chi connectivity index (χ1n) is 5.86. The van der Waals surface area contributed by atoms with Gasteiger partial charge in [-0.25, -0.2) is 0 Å². The van der Waals surface area contributed by atoms with Crippen LogP contribution < -0.4 is 0 Å². The van der Waals surface area contributed by atoms with E-state index in [0.717, 1.165) is 5.56 Å². The molecule has 0 aliphatic rings. The van der Waals surface area contributed by atoms with Gasteiger partial charge in [0.05, 0.1) is 10.3 Å². The van der Waals surface area contributed by atoms with Crippen LogP contribution in [0.15, 0.2) is 30.3 Å². The molecule has 0 N–H and O–H groups in total. The SMILES string of the molecule is Cc1nn(C)c(CC(Cl)c2ccccc2)c1[N+](=O)[O-]. The summed E-state index contributed by atoms with van der Waals surface area (Å²) < 4.78 is 1.53. The molecule has 0 saturated carbocycles. The van der Waals surface area contributed by atoms with Crippen LogP contribution in [0.4, 0.5) is 5.69 Å². The van der Waals surface area contributed by atoms with Gasteiger partial charge in [-0.15, -0.1) is 11.6 Å². The molecule has 0 bridgehead atoms. The number of alkyl halides is 1. The second kappa shape index (κ2) is 5.40. The van der Waals surface area contributed by atoms with E-state index in [2.05, 4.69) is 5.10 Å². The lowest BCUT2D eigenvalue weighted by Gasteiger charge is -2.09. The van der Waals surface area contributed by atoms with E-state index in [-0.39, 0.29) is 11.1 Å². The minimum Gasteiger partial charge on any atom is -0.265 e. The number of rotatable bonds is 4. The molecule has 0 fully saturated rings. The third kappa shape index (κ3) is 2.76. The Hall–Kier alpha value is -1.88. The Morgan fingerprint density at radius 2 is 2.05 bits per heavy atom. The predicted molar refractivity (Wildman–Crippen MR) is 73.3 cm³/mol. The molecule has 0 amide bonds. The van der Waals surface area contributed by atoms with Gasteiger partial charge in [0.15, 0.2) is 0 Å². The molecule has 6 heteroatoms. The molecule has 19 heavy (non-hydrogen) atoms. The molecule has 0 aliphatic carbocycles. The molecule has 2 rings (SSSR count). The fourth-order valence-electron chi connectivity index (χ4n) is 2.11. The first kappa shape index (κ1) is 13.5. The van der Waals surface area contributed by atoms with Gasteiger partial charge >= 0.3 is 5.69 Å². The molecule has 1 heterocycles. The maximum absolute atomic E-state index is 11.1. The fourth-order valence-corrected chi connectivity index (χ4v) is 2.40. The molecule has 1 aromatic heterocycles.